The second kappa shape index (κ2) is 8.38. The highest BCUT2D eigenvalue weighted by molar-refractivity contribution is 7.16. The zero-order chi connectivity index (χ0) is 14.4. The highest BCUT2D eigenvalue weighted by Crippen LogP contribution is 2.34. The maximum Gasteiger partial charge on any atom is 0.0931 e. The maximum atomic E-state index is 6.03. The molecule has 1 aromatic rings. The normalized spacial score (nSPS) is 23.6. The Hall–Kier alpha value is -0.0900. The van der Waals surface area contributed by atoms with Gasteiger partial charge < -0.3 is 10.1 Å². The Kier molecular flexibility index (Phi) is 6.82. The fourth-order valence-corrected chi connectivity index (χ4v) is 4.10. The molecule has 4 heteroatoms. The molecular weight excluding hydrogens is 290 g/mol. The maximum absolute atomic E-state index is 6.03. The number of nitrogens with one attached hydrogen (secondary N) is 1. The number of halogens is 1. The molecule has 0 bridgehead atoms. The van der Waals surface area contributed by atoms with E-state index in [9.17, 15) is 0 Å². The van der Waals surface area contributed by atoms with Gasteiger partial charge in [-0.25, -0.2) is 0 Å². The molecule has 1 saturated carbocycles. The highest BCUT2D eigenvalue weighted by Gasteiger charge is 2.31. The Morgan fingerprint density at radius 3 is 2.80 bits per heavy atom. The molecule has 20 heavy (non-hydrogen) atoms. The summed E-state index contributed by atoms with van der Waals surface area (Å²) in [4.78, 5) is 1.39. The molecular formula is C16H26ClNOS. The van der Waals surface area contributed by atoms with Crippen LogP contribution in [-0.4, -0.2) is 25.3 Å². The van der Waals surface area contributed by atoms with Crippen molar-refractivity contribution < 1.29 is 4.74 Å². The summed E-state index contributed by atoms with van der Waals surface area (Å²) < 4.78 is 6.55. The summed E-state index contributed by atoms with van der Waals surface area (Å²) in [7, 11) is 0. The van der Waals surface area contributed by atoms with Gasteiger partial charge in [0, 0.05) is 17.5 Å². The molecule has 2 nitrogen and oxygen atoms in total. The average Bonchev–Trinajstić information content (AvgIpc) is 2.78. The van der Waals surface area contributed by atoms with E-state index in [0.717, 1.165) is 29.8 Å². The van der Waals surface area contributed by atoms with Gasteiger partial charge in [-0.1, -0.05) is 18.5 Å². The fraction of sp³-hybridized carbons (Fsp3) is 0.750. The third-order valence-corrected chi connectivity index (χ3v) is 5.23. The van der Waals surface area contributed by atoms with E-state index < -0.39 is 0 Å². The molecule has 1 N–H and O–H groups in total. The van der Waals surface area contributed by atoms with Crippen LogP contribution in [0.3, 0.4) is 0 Å². The van der Waals surface area contributed by atoms with E-state index in [2.05, 4.69) is 25.2 Å². The number of rotatable bonds is 9. The molecule has 0 aromatic carbocycles. The lowest BCUT2D eigenvalue weighted by atomic mass is 9.77. The van der Waals surface area contributed by atoms with Crippen LogP contribution in [0.5, 0.6) is 0 Å². The zero-order valence-corrected chi connectivity index (χ0v) is 14.1. The molecule has 0 amide bonds. The average molecular weight is 316 g/mol. The van der Waals surface area contributed by atoms with Gasteiger partial charge >= 0.3 is 0 Å². The summed E-state index contributed by atoms with van der Waals surface area (Å²) in [5.41, 5.74) is 0. The Balaban J connectivity index is 1.78. The number of ether oxygens (including phenoxy) is 1. The van der Waals surface area contributed by atoms with E-state index in [4.69, 9.17) is 16.3 Å². The summed E-state index contributed by atoms with van der Waals surface area (Å²) in [6.07, 6.45) is 6.56. The molecule has 1 aliphatic carbocycles. The van der Waals surface area contributed by atoms with E-state index in [1.165, 1.54) is 30.6 Å². The minimum absolute atomic E-state index is 0.521. The second-order valence-corrected chi connectivity index (χ2v) is 7.51. The van der Waals surface area contributed by atoms with Crippen molar-refractivity contribution in [1.82, 2.24) is 5.32 Å². The topological polar surface area (TPSA) is 21.3 Å². The molecule has 0 spiro atoms. The third-order valence-electron chi connectivity index (χ3n) is 3.97. The van der Waals surface area contributed by atoms with Gasteiger partial charge in [-0.3, -0.25) is 0 Å². The highest BCUT2D eigenvalue weighted by atomic mass is 35.5. The van der Waals surface area contributed by atoms with E-state index in [1.807, 2.05) is 6.07 Å². The standard InChI is InChI=1S/C16H26ClNOS/c1-3-7-18-13(11-15-5-6-16(17)20-15)8-12-9-14(10-12)19-4-2/h5-6,12-14,18H,3-4,7-11H2,1-2H3. The predicted molar refractivity (Wildman–Crippen MR) is 87.9 cm³/mol. The van der Waals surface area contributed by atoms with Crippen LogP contribution in [0.2, 0.25) is 4.34 Å². The van der Waals surface area contributed by atoms with Crippen molar-refractivity contribution in [3.8, 4) is 0 Å². The van der Waals surface area contributed by atoms with Gasteiger partial charge in [0.05, 0.1) is 10.4 Å². The molecule has 0 radical (unpaired) electrons. The molecule has 1 atom stereocenters. The monoisotopic (exact) mass is 315 g/mol. The summed E-state index contributed by atoms with van der Waals surface area (Å²) >= 11 is 7.74. The van der Waals surface area contributed by atoms with Crippen LogP contribution >= 0.6 is 22.9 Å². The van der Waals surface area contributed by atoms with Gasteiger partial charge in [0.15, 0.2) is 0 Å². The first-order valence-corrected chi connectivity index (χ1v) is 8.99. The molecule has 114 valence electrons. The quantitative estimate of drug-likeness (QED) is 0.723. The van der Waals surface area contributed by atoms with Crippen LogP contribution in [-0.2, 0) is 11.2 Å². The van der Waals surface area contributed by atoms with Crippen molar-refractivity contribution in [2.24, 2.45) is 5.92 Å². The van der Waals surface area contributed by atoms with E-state index in [0.29, 0.717) is 12.1 Å². The molecule has 1 unspecified atom stereocenters. The molecule has 1 aromatic heterocycles. The van der Waals surface area contributed by atoms with Gasteiger partial charge in [0.1, 0.15) is 0 Å². The SMILES string of the molecule is CCCNC(Cc1ccc(Cl)s1)CC1CC(OCC)C1. The first-order chi connectivity index (χ1) is 9.71. The van der Waals surface area contributed by atoms with Crippen molar-refractivity contribution in [3.63, 3.8) is 0 Å². The first kappa shape index (κ1) is 16.3. The molecule has 2 rings (SSSR count). The van der Waals surface area contributed by atoms with Gasteiger partial charge in [-0.05, 0) is 63.6 Å². The van der Waals surface area contributed by atoms with Crippen LogP contribution in [0.4, 0.5) is 0 Å². The van der Waals surface area contributed by atoms with E-state index >= 15 is 0 Å². The summed E-state index contributed by atoms with van der Waals surface area (Å²) in [5.74, 6) is 0.830. The lowest BCUT2D eigenvalue weighted by Gasteiger charge is -2.37. The van der Waals surface area contributed by atoms with Gasteiger partial charge in [0.25, 0.3) is 0 Å². The predicted octanol–water partition coefficient (Wildman–Crippen LogP) is 4.52. The molecule has 1 aliphatic rings. The summed E-state index contributed by atoms with van der Waals surface area (Å²) in [5, 5.41) is 3.70. The fourth-order valence-electron chi connectivity index (χ4n) is 2.93. The van der Waals surface area contributed by atoms with Crippen molar-refractivity contribution >= 4 is 22.9 Å². The number of thiophene rings is 1. The van der Waals surface area contributed by atoms with E-state index in [1.54, 1.807) is 11.3 Å². The van der Waals surface area contributed by atoms with Crippen LogP contribution in [0, 0.1) is 5.92 Å². The Morgan fingerprint density at radius 2 is 2.20 bits per heavy atom. The lowest BCUT2D eigenvalue weighted by molar-refractivity contribution is -0.0289. The molecule has 1 heterocycles. The van der Waals surface area contributed by atoms with Crippen LogP contribution < -0.4 is 5.32 Å². The molecule has 1 fully saturated rings. The summed E-state index contributed by atoms with van der Waals surface area (Å²) in [6.45, 7) is 6.26. The van der Waals surface area contributed by atoms with Crippen LogP contribution in [0.1, 0.15) is 44.4 Å². The first-order valence-electron chi connectivity index (χ1n) is 7.80. The number of hydrogen-bond acceptors (Lipinski definition) is 3. The van der Waals surface area contributed by atoms with E-state index in [-0.39, 0.29) is 0 Å². The van der Waals surface area contributed by atoms with Crippen LogP contribution in [0.15, 0.2) is 12.1 Å². The second-order valence-electron chi connectivity index (χ2n) is 5.71. The Morgan fingerprint density at radius 1 is 1.40 bits per heavy atom. The largest absolute Gasteiger partial charge is 0.378 e. The van der Waals surface area contributed by atoms with Crippen molar-refractivity contribution in [1.29, 1.82) is 0 Å². The summed E-state index contributed by atoms with van der Waals surface area (Å²) in [6, 6.07) is 4.75. The van der Waals surface area contributed by atoms with Crippen molar-refractivity contribution in [2.45, 2.75) is 58.1 Å². The van der Waals surface area contributed by atoms with Crippen molar-refractivity contribution in [2.75, 3.05) is 13.2 Å². The van der Waals surface area contributed by atoms with Gasteiger partial charge in [-0.2, -0.15) is 0 Å². The zero-order valence-electron chi connectivity index (χ0n) is 12.5. The number of hydrogen-bond donors (Lipinski definition) is 1. The third kappa shape index (κ3) is 5.03. The smallest absolute Gasteiger partial charge is 0.0931 e. The van der Waals surface area contributed by atoms with Crippen molar-refractivity contribution in [3.05, 3.63) is 21.3 Å². The minimum atomic E-state index is 0.521. The molecule has 0 saturated heterocycles. The molecule has 0 aliphatic heterocycles. The van der Waals surface area contributed by atoms with Crippen LogP contribution in [0.25, 0.3) is 0 Å². The Labute approximate surface area is 131 Å². The Bertz CT molecular complexity index is 390. The lowest BCUT2D eigenvalue weighted by Crippen LogP contribution is -2.39. The van der Waals surface area contributed by atoms with Gasteiger partial charge in [0.2, 0.25) is 0 Å². The van der Waals surface area contributed by atoms with Gasteiger partial charge in [-0.15, -0.1) is 11.3 Å². The minimum Gasteiger partial charge on any atom is -0.378 e.